The van der Waals surface area contributed by atoms with Crippen LogP contribution >= 0.6 is 0 Å². The molecule has 0 heterocycles. The number of methoxy groups -OCH3 is 1. The molecule has 0 spiro atoms. The molecule has 7 rings (SSSR count). The van der Waals surface area contributed by atoms with Gasteiger partial charge in [-0.2, -0.15) is 26.4 Å². The Morgan fingerprint density at radius 1 is 0.617 bits per heavy atom. The van der Waals surface area contributed by atoms with Crippen LogP contribution in [-0.2, 0) is 20.2 Å². The molecule has 0 saturated carbocycles. The number of allylic oxidation sites excluding steroid dienone is 2. The van der Waals surface area contributed by atoms with E-state index in [-0.39, 0.29) is 60.8 Å². The Bertz CT molecular complexity index is 3070. The number of ketones is 2. The maximum Gasteiger partial charge on any atom is 0.364 e. The molecular weight excluding hydrogens is 809 g/mol. The number of hydrogen-bond donors (Lipinski definition) is 1. The third kappa shape index (κ3) is 7.25. The van der Waals surface area contributed by atoms with E-state index in [4.69, 9.17) is 13.1 Å². The third-order valence-corrected chi connectivity index (χ3v) is 12.8. The highest BCUT2D eigenvalue weighted by Gasteiger charge is 2.37. The molecule has 0 amide bonds. The van der Waals surface area contributed by atoms with Crippen molar-refractivity contribution in [1.29, 1.82) is 0 Å². The minimum absolute atomic E-state index is 0.0115. The number of carbonyl (C=O) groups is 2. The third-order valence-electron chi connectivity index (χ3n) is 10.2. The number of aromatic hydroxyl groups is 1. The van der Waals surface area contributed by atoms with Gasteiger partial charge in [0, 0.05) is 34.2 Å². The van der Waals surface area contributed by atoms with Crippen LogP contribution in [0.25, 0.3) is 22.0 Å². The van der Waals surface area contributed by atoms with E-state index >= 15 is 0 Å². The highest BCUT2D eigenvalue weighted by molar-refractivity contribution is 7.96. The van der Waals surface area contributed by atoms with Gasteiger partial charge in [-0.05, 0) is 90.9 Å². The van der Waals surface area contributed by atoms with Gasteiger partial charge in [-0.25, -0.2) is 0 Å². The molecule has 0 fully saturated rings. The van der Waals surface area contributed by atoms with E-state index < -0.39 is 43.4 Å². The van der Waals surface area contributed by atoms with Crippen LogP contribution in [0.15, 0.2) is 102 Å². The number of phenols is 1. The van der Waals surface area contributed by atoms with Crippen LogP contribution in [0.1, 0.15) is 76.7 Å². The van der Waals surface area contributed by atoms with Gasteiger partial charge in [0.2, 0.25) is 0 Å². The van der Waals surface area contributed by atoms with Crippen molar-refractivity contribution >= 4 is 54.2 Å². The number of rotatable bonds is 10. The number of hydrogen-bond acceptors (Lipinski definition) is 10. The number of benzene rings is 5. The average Bonchev–Trinajstić information content (AvgIpc) is 3.22. The van der Waals surface area contributed by atoms with Gasteiger partial charge >= 0.3 is 31.7 Å². The first-order valence-electron chi connectivity index (χ1n) is 18.1. The van der Waals surface area contributed by atoms with Gasteiger partial charge in [0.25, 0.3) is 11.6 Å². The molecule has 60 heavy (non-hydrogen) atoms. The molecule has 2 aliphatic carbocycles. The monoisotopic (exact) mass is 842 g/mol. The van der Waals surface area contributed by atoms with Crippen LogP contribution in [0.3, 0.4) is 0 Å². The predicted octanol–water partition coefficient (Wildman–Crippen LogP) is 7.08. The fraction of sp³-hybridized carbons (Fsp3) is 0.136. The summed E-state index contributed by atoms with van der Waals surface area (Å²) in [5, 5.41) is 10.7. The van der Waals surface area contributed by atoms with Crippen molar-refractivity contribution in [1.82, 2.24) is 0 Å². The van der Waals surface area contributed by atoms with Crippen molar-refractivity contribution < 1.29 is 54.2 Å². The van der Waals surface area contributed by atoms with Gasteiger partial charge < -0.3 is 29.3 Å². The highest BCUT2D eigenvalue weighted by Crippen LogP contribution is 2.43. The average molecular weight is 843 g/mol. The molecule has 2 aliphatic rings. The summed E-state index contributed by atoms with van der Waals surface area (Å²) in [6.45, 7) is 6.85. The summed E-state index contributed by atoms with van der Waals surface area (Å²) in [5.41, 5.74) is 22.2. The smallest absolute Gasteiger partial charge is 0.364 e. The van der Waals surface area contributed by atoms with Crippen LogP contribution in [0.5, 0.6) is 23.0 Å². The van der Waals surface area contributed by atoms with E-state index in [1.807, 2.05) is 12.1 Å². The standard InChI is InChI=1S/C44H34N4O10S2/c1-23-17-28(18-24(2)41(23)49)40(27-13-16-36(37(21-27)56-5)57-59(52,53)38-12-8-11-33-31(38)14-15-34(47-45)42(33)50)29-19-25(3)44(26(4)20-29)58-60(54,55)39-22-35(48-46)43(51)32-10-7-6-9-30(32)39/h6-22,40,49H,1-5H3. The van der Waals surface area contributed by atoms with Crippen molar-refractivity contribution in [2.45, 2.75) is 38.5 Å². The van der Waals surface area contributed by atoms with Gasteiger partial charge in [0.15, 0.2) is 11.5 Å². The summed E-state index contributed by atoms with van der Waals surface area (Å²) < 4.78 is 72.4. The highest BCUT2D eigenvalue weighted by atomic mass is 32.2. The van der Waals surface area contributed by atoms with E-state index in [0.29, 0.717) is 33.4 Å². The quantitative estimate of drug-likeness (QED) is 0.0651. The Morgan fingerprint density at radius 2 is 1.20 bits per heavy atom. The number of fused-ring (bicyclic) bond motifs is 2. The van der Waals surface area contributed by atoms with E-state index in [1.54, 1.807) is 64.1 Å². The molecule has 5 aromatic rings. The van der Waals surface area contributed by atoms with Crippen molar-refractivity contribution in [3.8, 4) is 23.0 Å². The second-order valence-corrected chi connectivity index (χ2v) is 17.2. The van der Waals surface area contributed by atoms with Crippen LogP contribution < -0.4 is 13.1 Å². The Hall–Kier alpha value is -7.22. The van der Waals surface area contributed by atoms with Crippen LogP contribution in [0.2, 0.25) is 0 Å². The largest absolute Gasteiger partial charge is 0.507 e. The lowest BCUT2D eigenvalue weighted by atomic mass is 9.82. The fourth-order valence-electron chi connectivity index (χ4n) is 7.43. The molecule has 14 nitrogen and oxygen atoms in total. The molecule has 0 radical (unpaired) electrons. The van der Waals surface area contributed by atoms with Crippen molar-refractivity contribution in [2.24, 2.45) is 0 Å². The maximum absolute atomic E-state index is 13.9. The number of Topliss-reactive ketones (excluding diaryl/α,β-unsaturated/α-hetero) is 2. The maximum atomic E-state index is 13.9. The summed E-state index contributed by atoms with van der Waals surface area (Å²) in [6.07, 6.45) is 3.51. The normalized spacial score (nSPS) is 14.1. The lowest BCUT2D eigenvalue weighted by molar-refractivity contribution is -0.00459. The zero-order chi connectivity index (χ0) is 43.3. The molecule has 1 atom stereocenters. The molecule has 0 bridgehead atoms. The summed E-state index contributed by atoms with van der Waals surface area (Å²) >= 11 is 0. The van der Waals surface area contributed by atoms with Crippen LogP contribution in [0.4, 0.5) is 0 Å². The second kappa shape index (κ2) is 15.5. The lowest BCUT2D eigenvalue weighted by Crippen LogP contribution is -2.24. The fourth-order valence-corrected chi connectivity index (χ4v) is 9.87. The van der Waals surface area contributed by atoms with Gasteiger partial charge in [-0.1, -0.05) is 66.7 Å². The Balaban J connectivity index is 1.29. The molecule has 1 unspecified atom stereocenters. The topological polar surface area (TPSA) is 223 Å². The zero-order valence-corrected chi connectivity index (χ0v) is 34.3. The van der Waals surface area contributed by atoms with E-state index in [0.717, 1.165) is 11.6 Å². The Labute approximate surface area is 345 Å². The van der Waals surface area contributed by atoms with Crippen molar-refractivity contribution in [2.75, 3.05) is 7.11 Å². The predicted molar refractivity (Wildman–Crippen MR) is 221 cm³/mol. The molecule has 5 aromatic carbocycles. The minimum Gasteiger partial charge on any atom is -0.507 e. The molecular formula is C44H34N4O10S2. The molecule has 0 aromatic heterocycles. The van der Waals surface area contributed by atoms with E-state index in [9.17, 15) is 42.6 Å². The van der Waals surface area contributed by atoms with E-state index in [1.165, 1.54) is 55.7 Å². The zero-order valence-electron chi connectivity index (χ0n) is 32.6. The van der Waals surface area contributed by atoms with Crippen LogP contribution in [-0.4, -0.2) is 61.6 Å². The summed E-state index contributed by atoms with van der Waals surface area (Å²) in [6, 6.07) is 21.9. The molecule has 1 N–H and O–H groups in total. The second-order valence-electron chi connectivity index (χ2n) is 14.1. The Morgan fingerprint density at radius 3 is 1.82 bits per heavy atom. The summed E-state index contributed by atoms with van der Waals surface area (Å²) in [7, 11) is -7.83. The Kier molecular flexibility index (Phi) is 10.6. The van der Waals surface area contributed by atoms with Gasteiger partial charge in [0.05, 0.1) is 13.2 Å². The number of nitrogens with zero attached hydrogens (tertiary/aromatic N) is 4. The molecule has 302 valence electrons. The first kappa shape index (κ1) is 41.0. The van der Waals surface area contributed by atoms with Gasteiger partial charge in [-0.15, -0.1) is 0 Å². The molecule has 0 aliphatic heterocycles. The van der Waals surface area contributed by atoms with E-state index in [2.05, 4.69) is 9.58 Å². The number of ether oxygens (including phenoxy) is 1. The van der Waals surface area contributed by atoms with Gasteiger partial charge in [0.1, 0.15) is 21.3 Å². The SMILES string of the molecule is COc1cc(C(c2cc(C)c(O)c(C)c2)c2cc(C)c(OS(=O)(=O)C3=CC(=[N+]=[N-])C(=O)c4ccccc43)c(C)c2)ccc1OS(=O)(=O)c1cccc2c1C=CC(=[N+]=[N-])C2=O. The lowest BCUT2D eigenvalue weighted by Gasteiger charge is -2.24. The summed E-state index contributed by atoms with van der Waals surface area (Å²) in [4.78, 5) is 30.9. The first-order valence-corrected chi connectivity index (χ1v) is 20.9. The van der Waals surface area contributed by atoms with Crippen molar-refractivity contribution in [3.05, 3.63) is 169 Å². The number of aryl methyl sites for hydroxylation is 4. The number of carbonyl (C=O) groups excluding carboxylic acids is 2. The molecule has 0 saturated heterocycles. The molecule has 16 heteroatoms. The summed E-state index contributed by atoms with van der Waals surface area (Å²) in [5.74, 6) is -1.89. The number of phenolic OH excluding ortho intramolecular Hbond substituents is 1. The first-order chi connectivity index (χ1) is 28.5. The van der Waals surface area contributed by atoms with Gasteiger partial charge in [-0.3, -0.25) is 9.59 Å². The van der Waals surface area contributed by atoms with Crippen LogP contribution in [0, 0.1) is 27.7 Å². The minimum atomic E-state index is -4.60. The van der Waals surface area contributed by atoms with Crippen molar-refractivity contribution in [3.63, 3.8) is 0 Å².